The van der Waals surface area contributed by atoms with Gasteiger partial charge in [-0.25, -0.2) is 4.68 Å². The predicted octanol–water partition coefficient (Wildman–Crippen LogP) is 3.69. The monoisotopic (exact) mass is 342 g/mol. The molecule has 1 saturated carbocycles. The maximum absolute atomic E-state index is 5.82. The molecule has 124 valence electrons. The minimum atomic E-state index is -0.0129. The summed E-state index contributed by atoms with van der Waals surface area (Å²) < 4.78 is 7.77. The highest BCUT2D eigenvalue weighted by atomic mass is 32.2. The fourth-order valence-electron chi connectivity index (χ4n) is 2.95. The molecule has 2 heterocycles. The number of hydrogen-bond acceptors (Lipinski definition) is 7. The second-order valence-corrected chi connectivity index (χ2v) is 7.22. The highest BCUT2D eigenvalue weighted by molar-refractivity contribution is 7.99. The molecule has 24 heavy (non-hydrogen) atoms. The zero-order chi connectivity index (χ0) is 16.4. The van der Waals surface area contributed by atoms with Gasteiger partial charge in [0, 0.05) is 5.56 Å². The van der Waals surface area contributed by atoms with E-state index in [-0.39, 0.29) is 5.25 Å². The number of aromatic nitrogens is 6. The first kappa shape index (κ1) is 15.3. The Kier molecular flexibility index (Phi) is 4.29. The highest BCUT2D eigenvalue weighted by Crippen LogP contribution is 2.37. The molecule has 1 aliphatic rings. The molecular weight excluding hydrogens is 324 g/mol. The van der Waals surface area contributed by atoms with E-state index in [2.05, 4.69) is 25.7 Å². The molecule has 1 atom stereocenters. The van der Waals surface area contributed by atoms with Gasteiger partial charge in [0.2, 0.25) is 16.9 Å². The molecule has 0 amide bonds. The van der Waals surface area contributed by atoms with Gasteiger partial charge in [0.1, 0.15) is 0 Å². The summed E-state index contributed by atoms with van der Waals surface area (Å²) >= 11 is 1.56. The van der Waals surface area contributed by atoms with E-state index in [1.807, 2.05) is 41.9 Å². The normalized spacial score (nSPS) is 16.5. The molecule has 2 aromatic heterocycles. The molecular formula is C16H18N6OS. The Morgan fingerprint density at radius 3 is 2.71 bits per heavy atom. The van der Waals surface area contributed by atoms with E-state index in [0.29, 0.717) is 17.8 Å². The quantitative estimate of drug-likeness (QED) is 0.654. The van der Waals surface area contributed by atoms with Crippen molar-refractivity contribution in [2.24, 2.45) is 0 Å². The summed E-state index contributed by atoms with van der Waals surface area (Å²) in [6.07, 6.45) is 4.78. The number of rotatable bonds is 5. The van der Waals surface area contributed by atoms with E-state index in [1.165, 1.54) is 12.8 Å². The predicted molar refractivity (Wildman–Crippen MR) is 89.3 cm³/mol. The lowest BCUT2D eigenvalue weighted by Gasteiger charge is -2.12. The van der Waals surface area contributed by atoms with Gasteiger partial charge in [0.15, 0.2) is 0 Å². The maximum Gasteiger partial charge on any atom is 0.247 e. The third-order valence-corrected chi connectivity index (χ3v) is 5.26. The third kappa shape index (κ3) is 3.06. The van der Waals surface area contributed by atoms with E-state index in [1.54, 1.807) is 11.8 Å². The molecule has 0 N–H and O–H groups in total. The molecule has 4 rings (SSSR count). The van der Waals surface area contributed by atoms with Crippen LogP contribution in [0.3, 0.4) is 0 Å². The summed E-state index contributed by atoms with van der Waals surface area (Å²) in [5.41, 5.74) is 0.921. The van der Waals surface area contributed by atoms with Gasteiger partial charge in [-0.2, -0.15) is 0 Å². The molecule has 7 nitrogen and oxygen atoms in total. The summed E-state index contributed by atoms with van der Waals surface area (Å²) in [6.45, 7) is 2.03. The lowest BCUT2D eigenvalue weighted by atomic mass is 10.2. The van der Waals surface area contributed by atoms with Gasteiger partial charge in [0.05, 0.1) is 11.3 Å². The second-order valence-electron chi connectivity index (χ2n) is 5.92. The van der Waals surface area contributed by atoms with Crippen molar-refractivity contribution in [2.75, 3.05) is 0 Å². The van der Waals surface area contributed by atoms with E-state index in [4.69, 9.17) is 4.42 Å². The van der Waals surface area contributed by atoms with Gasteiger partial charge in [-0.3, -0.25) is 0 Å². The molecule has 3 aromatic rings. The van der Waals surface area contributed by atoms with Gasteiger partial charge in [-0.15, -0.1) is 15.3 Å². The Labute approximate surface area is 143 Å². The van der Waals surface area contributed by atoms with E-state index in [0.717, 1.165) is 23.6 Å². The van der Waals surface area contributed by atoms with Crippen molar-refractivity contribution in [2.45, 2.75) is 49.1 Å². The van der Waals surface area contributed by atoms with Crippen LogP contribution in [0, 0.1) is 0 Å². The van der Waals surface area contributed by atoms with Gasteiger partial charge < -0.3 is 4.42 Å². The van der Waals surface area contributed by atoms with Crippen LogP contribution in [0.2, 0.25) is 0 Å². The molecule has 0 saturated heterocycles. The van der Waals surface area contributed by atoms with Crippen LogP contribution < -0.4 is 0 Å². The molecule has 8 heteroatoms. The molecule has 1 aliphatic carbocycles. The molecule has 1 fully saturated rings. The van der Waals surface area contributed by atoms with Gasteiger partial charge in [0.25, 0.3) is 0 Å². The molecule has 0 aliphatic heterocycles. The minimum Gasteiger partial charge on any atom is -0.419 e. The summed E-state index contributed by atoms with van der Waals surface area (Å²) in [7, 11) is 0. The van der Waals surface area contributed by atoms with Crippen LogP contribution in [0.5, 0.6) is 0 Å². The Morgan fingerprint density at radius 2 is 1.92 bits per heavy atom. The Hall–Kier alpha value is -2.22. The topological polar surface area (TPSA) is 82.5 Å². The van der Waals surface area contributed by atoms with Crippen molar-refractivity contribution < 1.29 is 4.42 Å². The molecule has 0 unspecified atom stereocenters. The Morgan fingerprint density at radius 1 is 1.12 bits per heavy atom. The van der Waals surface area contributed by atoms with E-state index >= 15 is 0 Å². The maximum atomic E-state index is 5.82. The molecule has 0 bridgehead atoms. The fraction of sp³-hybridized carbons (Fsp3) is 0.438. The summed E-state index contributed by atoms with van der Waals surface area (Å²) in [6, 6.07) is 10.2. The van der Waals surface area contributed by atoms with Crippen molar-refractivity contribution in [1.29, 1.82) is 0 Å². The van der Waals surface area contributed by atoms with Gasteiger partial charge in [-0.05, 0) is 42.3 Å². The smallest absolute Gasteiger partial charge is 0.247 e. The van der Waals surface area contributed by atoms with Crippen molar-refractivity contribution in [3.63, 3.8) is 0 Å². The van der Waals surface area contributed by atoms with Crippen molar-refractivity contribution >= 4 is 11.8 Å². The van der Waals surface area contributed by atoms with Crippen LogP contribution in [-0.2, 0) is 0 Å². The number of hydrogen-bond donors (Lipinski definition) is 0. The van der Waals surface area contributed by atoms with E-state index < -0.39 is 0 Å². The average Bonchev–Trinajstić information content (AvgIpc) is 3.36. The van der Waals surface area contributed by atoms with Crippen LogP contribution >= 0.6 is 11.8 Å². The third-order valence-electron chi connectivity index (χ3n) is 4.22. The number of thioether (sulfide) groups is 1. The van der Waals surface area contributed by atoms with Crippen molar-refractivity contribution in [3.05, 3.63) is 36.2 Å². The lowest BCUT2D eigenvalue weighted by molar-refractivity contribution is 0.422. The van der Waals surface area contributed by atoms with E-state index in [9.17, 15) is 0 Å². The zero-order valence-corrected chi connectivity index (χ0v) is 14.2. The SMILES string of the molecule is C[C@@H](Sc1nnnn1C1CCCC1)c1nnc(-c2ccccc2)o1. The largest absolute Gasteiger partial charge is 0.419 e. The van der Waals surface area contributed by atoms with Crippen LogP contribution in [-0.4, -0.2) is 30.4 Å². The number of tetrazole rings is 1. The minimum absolute atomic E-state index is 0.0129. The summed E-state index contributed by atoms with van der Waals surface area (Å²) in [5.74, 6) is 1.12. The molecule has 1 aromatic carbocycles. The first-order chi connectivity index (χ1) is 11.8. The van der Waals surface area contributed by atoms with Crippen molar-refractivity contribution in [3.8, 4) is 11.5 Å². The second kappa shape index (κ2) is 6.72. The highest BCUT2D eigenvalue weighted by Gasteiger charge is 2.24. The summed E-state index contributed by atoms with van der Waals surface area (Å²) in [5, 5.41) is 21.3. The first-order valence-electron chi connectivity index (χ1n) is 8.14. The number of nitrogens with zero attached hydrogens (tertiary/aromatic N) is 6. The number of benzene rings is 1. The van der Waals surface area contributed by atoms with Gasteiger partial charge in [-0.1, -0.05) is 42.8 Å². The lowest BCUT2D eigenvalue weighted by Crippen LogP contribution is -2.08. The van der Waals surface area contributed by atoms with Crippen LogP contribution in [0.4, 0.5) is 0 Å². The summed E-state index contributed by atoms with van der Waals surface area (Å²) in [4.78, 5) is 0. The Bertz CT molecular complexity index is 796. The Balaban J connectivity index is 1.50. The molecule has 0 spiro atoms. The van der Waals surface area contributed by atoms with Crippen molar-refractivity contribution in [1.82, 2.24) is 30.4 Å². The van der Waals surface area contributed by atoms with Gasteiger partial charge >= 0.3 is 0 Å². The standard InChI is InChI=1S/C16H18N6OS/c1-11(14-17-18-15(23-14)12-7-3-2-4-8-12)24-16-19-20-21-22(16)13-9-5-6-10-13/h2-4,7-8,11,13H,5-6,9-10H2,1H3/t11-/m1/s1. The van der Waals surface area contributed by atoms with Crippen LogP contribution in [0.15, 0.2) is 39.9 Å². The zero-order valence-electron chi connectivity index (χ0n) is 13.4. The van der Waals surface area contributed by atoms with Crippen LogP contribution in [0.25, 0.3) is 11.5 Å². The molecule has 0 radical (unpaired) electrons. The van der Waals surface area contributed by atoms with Crippen LogP contribution in [0.1, 0.15) is 49.8 Å². The fourth-order valence-corrected chi connectivity index (χ4v) is 3.84. The average molecular weight is 342 g/mol. The first-order valence-corrected chi connectivity index (χ1v) is 9.02.